The standard InChI is InChI=1S/C17H25N3O5/c1-24-16(22)19-11-14(15(21)12-20(19)17(23)25-2)18-10-6-9-13-7-4-3-5-8-13/h3-5,7-8,14-15,18,21H,6,9-12H2,1-2H3/t14-,15+/m1/s1. The summed E-state index contributed by atoms with van der Waals surface area (Å²) in [5.41, 5.74) is 1.25. The van der Waals surface area contributed by atoms with Crippen LogP contribution in [0.15, 0.2) is 30.3 Å². The average molecular weight is 351 g/mol. The predicted octanol–water partition coefficient (Wildman–Crippen LogP) is 1.00. The molecule has 0 spiro atoms. The van der Waals surface area contributed by atoms with Gasteiger partial charge in [0.2, 0.25) is 0 Å². The molecule has 1 fully saturated rings. The number of β-amino-alcohol motifs (C(OH)–C–C–N with tert-alkyl or cyclic N) is 1. The van der Waals surface area contributed by atoms with Crippen LogP contribution in [-0.2, 0) is 15.9 Å². The number of carbonyl (C=O) groups is 2. The van der Waals surface area contributed by atoms with Crippen LogP contribution in [0.2, 0.25) is 0 Å². The van der Waals surface area contributed by atoms with Gasteiger partial charge in [0.05, 0.1) is 39.5 Å². The molecule has 138 valence electrons. The summed E-state index contributed by atoms with van der Waals surface area (Å²) in [6.45, 7) is 0.760. The van der Waals surface area contributed by atoms with Crippen molar-refractivity contribution in [1.82, 2.24) is 15.3 Å². The van der Waals surface area contributed by atoms with Crippen molar-refractivity contribution in [2.75, 3.05) is 33.9 Å². The van der Waals surface area contributed by atoms with Crippen molar-refractivity contribution >= 4 is 12.2 Å². The van der Waals surface area contributed by atoms with Crippen molar-refractivity contribution in [3.63, 3.8) is 0 Å². The molecule has 1 heterocycles. The van der Waals surface area contributed by atoms with Gasteiger partial charge >= 0.3 is 12.2 Å². The van der Waals surface area contributed by atoms with E-state index in [1.165, 1.54) is 19.8 Å². The Morgan fingerprint density at radius 2 is 1.72 bits per heavy atom. The largest absolute Gasteiger partial charge is 0.452 e. The zero-order valence-electron chi connectivity index (χ0n) is 14.6. The molecular formula is C17H25N3O5. The number of aliphatic hydroxyl groups is 1. The normalized spacial score (nSPS) is 20.3. The molecule has 2 amide bonds. The fourth-order valence-electron chi connectivity index (χ4n) is 2.79. The third-order valence-corrected chi connectivity index (χ3v) is 4.15. The molecule has 0 aromatic heterocycles. The lowest BCUT2D eigenvalue weighted by Gasteiger charge is -2.42. The Balaban J connectivity index is 1.88. The summed E-state index contributed by atoms with van der Waals surface area (Å²) >= 11 is 0. The fourth-order valence-corrected chi connectivity index (χ4v) is 2.79. The van der Waals surface area contributed by atoms with Crippen LogP contribution in [0.3, 0.4) is 0 Å². The summed E-state index contributed by atoms with van der Waals surface area (Å²) in [7, 11) is 2.46. The first-order valence-corrected chi connectivity index (χ1v) is 8.23. The summed E-state index contributed by atoms with van der Waals surface area (Å²) in [5, 5.41) is 15.7. The second-order valence-electron chi connectivity index (χ2n) is 5.82. The summed E-state index contributed by atoms with van der Waals surface area (Å²) in [6, 6.07) is 9.78. The molecule has 0 saturated carbocycles. The SMILES string of the molecule is COC(=O)N1C[C@H](O)[C@H](NCCCc2ccccc2)CN1C(=O)OC. The summed E-state index contributed by atoms with van der Waals surface area (Å²) in [5.74, 6) is 0. The highest BCUT2D eigenvalue weighted by Crippen LogP contribution is 2.15. The first-order valence-electron chi connectivity index (χ1n) is 8.23. The van der Waals surface area contributed by atoms with Gasteiger partial charge in [-0.15, -0.1) is 0 Å². The first kappa shape index (κ1) is 19.0. The Labute approximate surface area is 147 Å². The molecule has 1 aromatic carbocycles. The van der Waals surface area contributed by atoms with Gasteiger partial charge in [-0.3, -0.25) is 0 Å². The Hall–Kier alpha value is -2.32. The molecule has 2 atom stereocenters. The monoisotopic (exact) mass is 351 g/mol. The number of nitrogens with one attached hydrogen (secondary N) is 1. The Bertz CT molecular complexity index is 569. The first-order chi connectivity index (χ1) is 12.1. The number of hydrazine groups is 1. The van der Waals surface area contributed by atoms with Crippen molar-refractivity contribution in [2.24, 2.45) is 0 Å². The number of benzene rings is 1. The maximum Gasteiger partial charge on any atom is 0.428 e. The molecule has 0 aliphatic carbocycles. The lowest BCUT2D eigenvalue weighted by Crippen LogP contribution is -2.65. The van der Waals surface area contributed by atoms with Crippen LogP contribution in [0.25, 0.3) is 0 Å². The quantitative estimate of drug-likeness (QED) is 0.769. The van der Waals surface area contributed by atoms with Gasteiger partial charge < -0.3 is 19.9 Å². The highest BCUT2D eigenvalue weighted by molar-refractivity contribution is 5.74. The van der Waals surface area contributed by atoms with Crippen LogP contribution in [0.4, 0.5) is 9.59 Å². The van der Waals surface area contributed by atoms with Gasteiger partial charge in [0, 0.05) is 0 Å². The minimum atomic E-state index is -0.809. The molecule has 1 aliphatic rings. The van der Waals surface area contributed by atoms with E-state index in [9.17, 15) is 14.7 Å². The van der Waals surface area contributed by atoms with Gasteiger partial charge in [-0.1, -0.05) is 30.3 Å². The Morgan fingerprint density at radius 3 is 2.32 bits per heavy atom. The number of carbonyl (C=O) groups excluding carboxylic acids is 2. The van der Waals surface area contributed by atoms with E-state index in [1.807, 2.05) is 18.2 Å². The smallest absolute Gasteiger partial charge is 0.428 e. The van der Waals surface area contributed by atoms with E-state index in [4.69, 9.17) is 4.74 Å². The van der Waals surface area contributed by atoms with Crippen molar-refractivity contribution in [2.45, 2.75) is 25.0 Å². The van der Waals surface area contributed by atoms with Gasteiger partial charge in [0.15, 0.2) is 0 Å². The van der Waals surface area contributed by atoms with E-state index in [0.29, 0.717) is 6.54 Å². The van der Waals surface area contributed by atoms with Crippen LogP contribution in [0.5, 0.6) is 0 Å². The maximum atomic E-state index is 11.9. The molecule has 1 saturated heterocycles. The molecule has 1 aromatic rings. The van der Waals surface area contributed by atoms with Gasteiger partial charge in [-0.2, -0.15) is 0 Å². The fraction of sp³-hybridized carbons (Fsp3) is 0.529. The molecule has 2 rings (SSSR count). The minimum absolute atomic E-state index is 0.0435. The molecule has 0 bridgehead atoms. The molecule has 0 unspecified atom stereocenters. The average Bonchev–Trinajstić information content (AvgIpc) is 2.65. The number of nitrogens with zero attached hydrogens (tertiary/aromatic N) is 2. The van der Waals surface area contributed by atoms with Crippen LogP contribution in [0, 0.1) is 0 Å². The van der Waals surface area contributed by atoms with Crippen molar-refractivity contribution in [3.8, 4) is 0 Å². The van der Waals surface area contributed by atoms with Crippen LogP contribution >= 0.6 is 0 Å². The third-order valence-electron chi connectivity index (χ3n) is 4.15. The third kappa shape index (κ3) is 5.07. The van der Waals surface area contributed by atoms with Gasteiger partial charge in [-0.25, -0.2) is 19.6 Å². The molecule has 25 heavy (non-hydrogen) atoms. The van der Waals surface area contributed by atoms with Crippen molar-refractivity contribution in [3.05, 3.63) is 35.9 Å². The van der Waals surface area contributed by atoms with E-state index in [0.717, 1.165) is 22.9 Å². The van der Waals surface area contributed by atoms with Crippen molar-refractivity contribution < 1.29 is 24.2 Å². The number of amides is 2. The van der Waals surface area contributed by atoms with Gasteiger partial charge in [0.1, 0.15) is 0 Å². The van der Waals surface area contributed by atoms with Crippen LogP contribution in [-0.4, -0.2) is 73.3 Å². The number of hydrogen-bond donors (Lipinski definition) is 2. The summed E-state index contributed by atoms with van der Waals surface area (Å²) in [4.78, 5) is 23.7. The summed E-state index contributed by atoms with van der Waals surface area (Å²) in [6.07, 6.45) is -0.380. The molecular weight excluding hydrogens is 326 g/mol. The van der Waals surface area contributed by atoms with E-state index in [-0.39, 0.29) is 19.1 Å². The number of rotatable bonds is 5. The molecule has 0 radical (unpaired) electrons. The molecule has 8 heteroatoms. The zero-order chi connectivity index (χ0) is 18.2. The number of hydrogen-bond acceptors (Lipinski definition) is 6. The van der Waals surface area contributed by atoms with Gasteiger partial charge in [0.25, 0.3) is 0 Å². The Morgan fingerprint density at radius 1 is 1.12 bits per heavy atom. The lowest BCUT2D eigenvalue weighted by atomic mass is 10.1. The predicted molar refractivity (Wildman–Crippen MR) is 90.8 cm³/mol. The highest BCUT2D eigenvalue weighted by atomic mass is 16.6. The summed E-state index contributed by atoms with van der Waals surface area (Å²) < 4.78 is 9.36. The lowest BCUT2D eigenvalue weighted by molar-refractivity contribution is -0.0788. The van der Waals surface area contributed by atoms with Crippen LogP contribution in [0.1, 0.15) is 12.0 Å². The number of aryl methyl sites for hydroxylation is 1. The Kier molecular flexibility index (Phi) is 7.03. The van der Waals surface area contributed by atoms with Crippen LogP contribution < -0.4 is 5.32 Å². The molecule has 2 N–H and O–H groups in total. The topological polar surface area (TPSA) is 91.3 Å². The number of methoxy groups -OCH3 is 2. The molecule has 1 aliphatic heterocycles. The van der Waals surface area contributed by atoms with E-state index in [1.54, 1.807) is 0 Å². The van der Waals surface area contributed by atoms with E-state index < -0.39 is 18.3 Å². The van der Waals surface area contributed by atoms with Gasteiger partial charge in [-0.05, 0) is 24.9 Å². The van der Waals surface area contributed by atoms with Crippen molar-refractivity contribution in [1.29, 1.82) is 0 Å². The number of aliphatic hydroxyl groups excluding tert-OH is 1. The zero-order valence-corrected chi connectivity index (χ0v) is 14.6. The van der Waals surface area contributed by atoms with E-state index >= 15 is 0 Å². The maximum absolute atomic E-state index is 11.9. The van der Waals surface area contributed by atoms with E-state index in [2.05, 4.69) is 22.2 Å². The second kappa shape index (κ2) is 9.24. The second-order valence-corrected chi connectivity index (χ2v) is 5.82. The minimum Gasteiger partial charge on any atom is -0.452 e. The highest BCUT2D eigenvalue weighted by Gasteiger charge is 2.39. The molecule has 8 nitrogen and oxygen atoms in total. The number of ether oxygens (including phenoxy) is 2.